The summed E-state index contributed by atoms with van der Waals surface area (Å²) in [5.74, 6) is 0.500. The second-order valence-corrected chi connectivity index (χ2v) is 1.73. The molecule has 0 heterocycles. The molecule has 0 atom stereocenters. The van der Waals surface area contributed by atoms with Crippen LogP contribution in [0.25, 0.3) is 0 Å². The van der Waals surface area contributed by atoms with Crippen LogP contribution >= 0.6 is 0 Å². The molecular weight excluding hydrogens is 90.1 g/mol. The van der Waals surface area contributed by atoms with Crippen molar-refractivity contribution in [1.82, 2.24) is 5.48 Å². The Morgan fingerprint density at radius 3 is 2.29 bits per heavy atom. The highest BCUT2D eigenvalue weighted by molar-refractivity contribution is 4.79. The minimum Gasteiger partial charge on any atom is -0.292 e. The van der Waals surface area contributed by atoms with E-state index in [1.165, 1.54) is 6.20 Å². The molecule has 7 heavy (non-hydrogen) atoms. The predicted molar refractivity (Wildman–Crippen MR) is 28.9 cm³/mol. The summed E-state index contributed by atoms with van der Waals surface area (Å²) in [5, 5.41) is 7.98. The van der Waals surface area contributed by atoms with E-state index in [0.717, 1.165) is 0 Å². The fraction of sp³-hybridized carbons (Fsp3) is 0.600. The molecule has 0 bridgehead atoms. The first kappa shape index (κ1) is 6.50. The quantitative estimate of drug-likeness (QED) is 0.511. The predicted octanol–water partition coefficient (Wildman–Crippen LogP) is 1.13. The maximum Gasteiger partial charge on any atom is 0.0203 e. The molecular formula is C5H11NO. The number of allylic oxidation sites excluding steroid dienone is 1. The van der Waals surface area contributed by atoms with Crippen molar-refractivity contribution in [3.63, 3.8) is 0 Å². The van der Waals surface area contributed by atoms with Crippen molar-refractivity contribution >= 4 is 0 Å². The van der Waals surface area contributed by atoms with E-state index in [4.69, 9.17) is 5.21 Å². The Bertz CT molecular complexity index is 59.1. The van der Waals surface area contributed by atoms with Crippen LogP contribution in [0.1, 0.15) is 13.8 Å². The molecule has 0 aromatic heterocycles. The second-order valence-electron chi connectivity index (χ2n) is 1.73. The SMILES string of the molecule is CC(C)C=CNO. The van der Waals surface area contributed by atoms with Crippen LogP contribution in [-0.4, -0.2) is 5.21 Å². The first-order valence-corrected chi connectivity index (χ1v) is 2.33. The highest BCUT2D eigenvalue weighted by atomic mass is 16.5. The summed E-state index contributed by atoms with van der Waals surface area (Å²) in [4.78, 5) is 0. The molecule has 42 valence electrons. The molecule has 0 fully saturated rings. The molecule has 0 aromatic rings. The van der Waals surface area contributed by atoms with Gasteiger partial charge in [-0.2, -0.15) is 0 Å². The van der Waals surface area contributed by atoms with E-state index in [2.05, 4.69) is 0 Å². The van der Waals surface area contributed by atoms with Gasteiger partial charge >= 0.3 is 0 Å². The van der Waals surface area contributed by atoms with E-state index in [1.807, 2.05) is 25.4 Å². The molecule has 0 spiro atoms. The molecule has 0 saturated carbocycles. The molecule has 0 aliphatic rings. The standard InChI is InChI=1S/C5H11NO/c1-5(2)3-4-6-7/h3-7H,1-2H3. The average molecular weight is 101 g/mol. The van der Waals surface area contributed by atoms with Crippen molar-refractivity contribution < 1.29 is 5.21 Å². The number of rotatable bonds is 2. The van der Waals surface area contributed by atoms with Crippen molar-refractivity contribution in [1.29, 1.82) is 0 Å². The molecule has 0 rings (SSSR count). The number of nitrogens with one attached hydrogen (secondary N) is 1. The molecule has 0 aromatic carbocycles. The average Bonchev–Trinajstić information content (AvgIpc) is 1.61. The lowest BCUT2D eigenvalue weighted by Gasteiger charge is -1.89. The lowest BCUT2D eigenvalue weighted by molar-refractivity contribution is 0.213. The van der Waals surface area contributed by atoms with Crippen molar-refractivity contribution in [2.24, 2.45) is 5.92 Å². The summed E-state index contributed by atoms with van der Waals surface area (Å²) in [7, 11) is 0. The third-order valence-electron chi connectivity index (χ3n) is 0.556. The van der Waals surface area contributed by atoms with Crippen molar-refractivity contribution in [3.8, 4) is 0 Å². The van der Waals surface area contributed by atoms with Gasteiger partial charge in [0.05, 0.1) is 0 Å². The van der Waals surface area contributed by atoms with Crippen LogP contribution in [0.4, 0.5) is 0 Å². The van der Waals surface area contributed by atoms with E-state index in [9.17, 15) is 0 Å². The molecule has 0 radical (unpaired) electrons. The summed E-state index contributed by atoms with van der Waals surface area (Å²) >= 11 is 0. The van der Waals surface area contributed by atoms with E-state index in [0.29, 0.717) is 5.92 Å². The minimum absolute atomic E-state index is 0.500. The van der Waals surface area contributed by atoms with Gasteiger partial charge in [-0.15, -0.1) is 0 Å². The normalized spacial score (nSPS) is 10.9. The Morgan fingerprint density at radius 1 is 1.57 bits per heavy atom. The smallest absolute Gasteiger partial charge is 0.0203 e. The molecule has 2 N–H and O–H groups in total. The first-order valence-electron chi connectivity index (χ1n) is 2.33. The fourth-order valence-corrected chi connectivity index (χ4v) is 0.235. The zero-order valence-corrected chi connectivity index (χ0v) is 4.68. The molecule has 2 heteroatoms. The molecule has 0 amide bonds. The highest BCUT2D eigenvalue weighted by Gasteiger charge is 1.78. The van der Waals surface area contributed by atoms with Crippen LogP contribution in [-0.2, 0) is 0 Å². The van der Waals surface area contributed by atoms with Crippen LogP contribution in [0.5, 0.6) is 0 Å². The van der Waals surface area contributed by atoms with Gasteiger partial charge in [0.25, 0.3) is 0 Å². The van der Waals surface area contributed by atoms with Gasteiger partial charge in [-0.25, -0.2) is 0 Å². The van der Waals surface area contributed by atoms with Gasteiger partial charge in [0.2, 0.25) is 0 Å². The van der Waals surface area contributed by atoms with Gasteiger partial charge < -0.3 is 0 Å². The Kier molecular flexibility index (Phi) is 3.42. The summed E-state index contributed by atoms with van der Waals surface area (Å²) in [6.07, 6.45) is 3.37. The Balaban J connectivity index is 3.08. The van der Waals surface area contributed by atoms with E-state index >= 15 is 0 Å². The van der Waals surface area contributed by atoms with Crippen molar-refractivity contribution in [2.45, 2.75) is 13.8 Å². The van der Waals surface area contributed by atoms with E-state index in [1.54, 1.807) is 0 Å². The third-order valence-corrected chi connectivity index (χ3v) is 0.556. The van der Waals surface area contributed by atoms with Crippen molar-refractivity contribution in [3.05, 3.63) is 12.3 Å². The largest absolute Gasteiger partial charge is 0.292 e. The number of hydrogen-bond donors (Lipinski definition) is 2. The topological polar surface area (TPSA) is 32.3 Å². The van der Waals surface area contributed by atoms with Crippen LogP contribution in [0, 0.1) is 5.92 Å². The number of hydrogen-bond acceptors (Lipinski definition) is 2. The van der Waals surface area contributed by atoms with Crippen LogP contribution in [0.3, 0.4) is 0 Å². The highest BCUT2D eigenvalue weighted by Crippen LogP contribution is 1.89. The van der Waals surface area contributed by atoms with Crippen LogP contribution < -0.4 is 5.48 Å². The summed E-state index contributed by atoms with van der Waals surface area (Å²) in [6, 6.07) is 0. The Hall–Kier alpha value is -0.500. The second kappa shape index (κ2) is 3.68. The van der Waals surface area contributed by atoms with Gasteiger partial charge in [0.1, 0.15) is 0 Å². The monoisotopic (exact) mass is 101 g/mol. The Morgan fingerprint density at radius 2 is 2.14 bits per heavy atom. The minimum atomic E-state index is 0.500. The Labute approximate surface area is 43.8 Å². The van der Waals surface area contributed by atoms with Gasteiger partial charge in [-0.05, 0) is 5.92 Å². The van der Waals surface area contributed by atoms with Gasteiger partial charge in [0, 0.05) is 6.20 Å². The lowest BCUT2D eigenvalue weighted by Crippen LogP contribution is -1.93. The summed E-state index contributed by atoms with van der Waals surface area (Å²) in [6.45, 7) is 4.07. The summed E-state index contributed by atoms with van der Waals surface area (Å²) in [5.41, 5.74) is 1.92. The van der Waals surface area contributed by atoms with Gasteiger partial charge in [-0.3, -0.25) is 10.7 Å². The molecule has 2 nitrogen and oxygen atoms in total. The maximum atomic E-state index is 7.98. The summed E-state index contributed by atoms with van der Waals surface area (Å²) < 4.78 is 0. The van der Waals surface area contributed by atoms with Gasteiger partial charge in [0.15, 0.2) is 0 Å². The van der Waals surface area contributed by atoms with Gasteiger partial charge in [-0.1, -0.05) is 19.9 Å². The zero-order valence-electron chi connectivity index (χ0n) is 4.68. The number of hydroxylamine groups is 1. The molecule has 0 aliphatic carbocycles. The molecule has 0 saturated heterocycles. The van der Waals surface area contributed by atoms with E-state index in [-0.39, 0.29) is 0 Å². The van der Waals surface area contributed by atoms with E-state index < -0.39 is 0 Å². The molecule has 0 unspecified atom stereocenters. The molecule has 0 aliphatic heterocycles. The van der Waals surface area contributed by atoms with Crippen molar-refractivity contribution in [2.75, 3.05) is 0 Å². The lowest BCUT2D eigenvalue weighted by atomic mass is 10.2. The van der Waals surface area contributed by atoms with Crippen LogP contribution in [0.15, 0.2) is 12.3 Å². The zero-order chi connectivity index (χ0) is 5.70. The first-order chi connectivity index (χ1) is 3.27. The maximum absolute atomic E-state index is 7.98. The van der Waals surface area contributed by atoms with Crippen LogP contribution in [0.2, 0.25) is 0 Å². The fourth-order valence-electron chi connectivity index (χ4n) is 0.235. The third kappa shape index (κ3) is 5.50.